The number of fused-ring (bicyclic) bond motifs is 1. The maximum Gasteiger partial charge on any atom is 0.293 e. The van der Waals surface area contributed by atoms with Crippen molar-refractivity contribution >= 4 is 17.7 Å². The second kappa shape index (κ2) is 6.96. The minimum absolute atomic E-state index is 0.0915. The third-order valence-corrected chi connectivity index (χ3v) is 5.29. The molecule has 5 rings (SSSR count). The van der Waals surface area contributed by atoms with Crippen molar-refractivity contribution in [3.63, 3.8) is 0 Å². The number of aromatic nitrogens is 1. The van der Waals surface area contributed by atoms with Gasteiger partial charge in [0.2, 0.25) is 0 Å². The Hall–Kier alpha value is -3.41. The summed E-state index contributed by atoms with van der Waals surface area (Å²) in [7, 11) is 0. The normalized spacial score (nSPS) is 22.9. The van der Waals surface area contributed by atoms with Gasteiger partial charge in [-0.25, -0.2) is 5.01 Å². The Balaban J connectivity index is 1.57. The first-order valence-corrected chi connectivity index (χ1v) is 9.42. The summed E-state index contributed by atoms with van der Waals surface area (Å²) < 4.78 is 11.2. The van der Waals surface area contributed by atoms with Crippen molar-refractivity contribution in [2.75, 3.05) is 0 Å². The van der Waals surface area contributed by atoms with E-state index in [-0.39, 0.29) is 17.9 Å². The highest BCUT2D eigenvalue weighted by Gasteiger charge is 2.45. The number of pyridine rings is 1. The van der Waals surface area contributed by atoms with Crippen LogP contribution in [0.25, 0.3) is 6.08 Å². The highest BCUT2D eigenvalue weighted by atomic mass is 16.3. The molecule has 1 amide bonds. The quantitative estimate of drug-likeness (QED) is 0.667. The van der Waals surface area contributed by atoms with Gasteiger partial charge in [-0.2, -0.15) is 5.10 Å². The van der Waals surface area contributed by atoms with Gasteiger partial charge in [-0.15, -0.1) is 0 Å². The topological polar surface area (TPSA) is 71.8 Å². The van der Waals surface area contributed by atoms with E-state index in [1.165, 1.54) is 0 Å². The molecule has 0 N–H and O–H groups in total. The Bertz CT molecular complexity index is 1020. The predicted molar refractivity (Wildman–Crippen MR) is 103 cm³/mol. The monoisotopic (exact) mass is 373 g/mol. The molecule has 6 heteroatoms. The van der Waals surface area contributed by atoms with Gasteiger partial charge >= 0.3 is 0 Å². The van der Waals surface area contributed by atoms with Crippen molar-refractivity contribution in [2.24, 2.45) is 11.0 Å². The van der Waals surface area contributed by atoms with Crippen LogP contribution in [0.1, 0.15) is 47.3 Å². The summed E-state index contributed by atoms with van der Waals surface area (Å²) >= 11 is 0. The largest absolute Gasteiger partial charge is 0.467 e. The Kier molecular flexibility index (Phi) is 4.16. The molecule has 2 aliphatic rings. The SMILES string of the molecule is O=C(c1ccccn1)N1N=C2C(=Cc3ccco3)CCCC2C1c1ccco1. The van der Waals surface area contributed by atoms with Gasteiger partial charge in [0.1, 0.15) is 23.3 Å². The molecular formula is C22H19N3O3. The average Bonchev–Trinajstić information content (AvgIpc) is 3.48. The first-order chi connectivity index (χ1) is 13.8. The second-order valence-corrected chi connectivity index (χ2v) is 6.99. The number of hydrazone groups is 1. The van der Waals surface area contributed by atoms with Crippen LogP contribution >= 0.6 is 0 Å². The molecular weight excluding hydrogens is 354 g/mol. The summed E-state index contributed by atoms with van der Waals surface area (Å²) in [6.45, 7) is 0. The first kappa shape index (κ1) is 16.7. The highest BCUT2D eigenvalue weighted by Crippen LogP contribution is 2.44. The van der Waals surface area contributed by atoms with Crippen LogP contribution in [0.2, 0.25) is 0 Å². The van der Waals surface area contributed by atoms with Crippen LogP contribution in [0.4, 0.5) is 0 Å². The van der Waals surface area contributed by atoms with Gasteiger partial charge in [0.05, 0.1) is 18.2 Å². The van der Waals surface area contributed by atoms with Crippen LogP contribution in [0.5, 0.6) is 0 Å². The van der Waals surface area contributed by atoms with Crippen LogP contribution in [0, 0.1) is 5.92 Å². The zero-order valence-electron chi connectivity index (χ0n) is 15.2. The maximum atomic E-state index is 13.2. The molecule has 0 spiro atoms. The van der Waals surface area contributed by atoms with Gasteiger partial charge in [0.25, 0.3) is 5.91 Å². The van der Waals surface area contributed by atoms with Crippen molar-refractivity contribution < 1.29 is 13.6 Å². The van der Waals surface area contributed by atoms with E-state index in [0.717, 1.165) is 42.1 Å². The van der Waals surface area contributed by atoms with Crippen molar-refractivity contribution in [2.45, 2.75) is 25.3 Å². The predicted octanol–water partition coefficient (Wildman–Crippen LogP) is 4.70. The summed E-state index contributed by atoms with van der Waals surface area (Å²) in [4.78, 5) is 17.4. The van der Waals surface area contributed by atoms with Gasteiger partial charge in [0, 0.05) is 12.1 Å². The molecule has 0 saturated heterocycles. The van der Waals surface area contributed by atoms with Crippen LogP contribution in [-0.4, -0.2) is 21.6 Å². The Morgan fingerprint density at radius 2 is 2.00 bits per heavy atom. The lowest BCUT2D eigenvalue weighted by molar-refractivity contribution is 0.0650. The van der Waals surface area contributed by atoms with Gasteiger partial charge in [-0.1, -0.05) is 6.07 Å². The molecule has 2 unspecified atom stereocenters. The molecule has 28 heavy (non-hydrogen) atoms. The second-order valence-electron chi connectivity index (χ2n) is 6.99. The van der Waals surface area contributed by atoms with Gasteiger partial charge in [-0.3, -0.25) is 9.78 Å². The number of hydrogen-bond acceptors (Lipinski definition) is 5. The van der Waals surface area contributed by atoms with Gasteiger partial charge in [-0.05, 0) is 67.3 Å². The third-order valence-electron chi connectivity index (χ3n) is 5.29. The fourth-order valence-corrected chi connectivity index (χ4v) is 4.06. The van der Waals surface area contributed by atoms with Gasteiger partial charge in [0.15, 0.2) is 0 Å². The molecule has 4 heterocycles. The van der Waals surface area contributed by atoms with Crippen LogP contribution in [0.15, 0.2) is 80.7 Å². The fourth-order valence-electron chi connectivity index (χ4n) is 4.06. The molecule has 140 valence electrons. The number of hydrogen-bond donors (Lipinski definition) is 0. The zero-order valence-corrected chi connectivity index (χ0v) is 15.2. The molecule has 0 aromatic carbocycles. The number of furan rings is 2. The summed E-state index contributed by atoms with van der Waals surface area (Å²) in [5.41, 5.74) is 2.42. The molecule has 0 bridgehead atoms. The minimum Gasteiger partial charge on any atom is -0.467 e. The van der Waals surface area contributed by atoms with Crippen molar-refractivity contribution in [3.8, 4) is 0 Å². The molecule has 0 radical (unpaired) electrons. The van der Waals surface area contributed by atoms with E-state index in [0.29, 0.717) is 5.69 Å². The van der Waals surface area contributed by atoms with E-state index >= 15 is 0 Å². The number of carbonyl (C=O) groups excluding carboxylic acids is 1. The number of allylic oxidation sites excluding steroid dienone is 1. The van der Waals surface area contributed by atoms with E-state index in [1.54, 1.807) is 41.9 Å². The first-order valence-electron chi connectivity index (χ1n) is 9.42. The Morgan fingerprint density at radius 3 is 2.75 bits per heavy atom. The summed E-state index contributed by atoms with van der Waals surface area (Å²) in [5, 5.41) is 6.32. The van der Waals surface area contributed by atoms with Gasteiger partial charge < -0.3 is 8.83 Å². The number of carbonyl (C=O) groups is 1. The minimum atomic E-state index is -0.264. The molecule has 2 atom stereocenters. The van der Waals surface area contributed by atoms with E-state index in [1.807, 2.05) is 30.3 Å². The summed E-state index contributed by atoms with van der Waals surface area (Å²) in [6.07, 6.45) is 9.83. The van der Waals surface area contributed by atoms with Crippen LogP contribution < -0.4 is 0 Å². The zero-order chi connectivity index (χ0) is 18.9. The van der Waals surface area contributed by atoms with Crippen LogP contribution in [-0.2, 0) is 0 Å². The van der Waals surface area contributed by atoms with Crippen LogP contribution in [0.3, 0.4) is 0 Å². The lowest BCUT2D eigenvalue weighted by atomic mass is 9.79. The molecule has 3 aromatic heterocycles. The van der Waals surface area contributed by atoms with E-state index in [9.17, 15) is 4.79 Å². The maximum absolute atomic E-state index is 13.2. The Morgan fingerprint density at radius 1 is 1.11 bits per heavy atom. The molecule has 3 aromatic rings. The lowest BCUT2D eigenvalue weighted by Crippen LogP contribution is -2.32. The van der Waals surface area contributed by atoms with E-state index in [2.05, 4.69) is 4.98 Å². The number of nitrogens with zero attached hydrogens (tertiary/aromatic N) is 3. The van der Waals surface area contributed by atoms with Crippen molar-refractivity contribution in [1.29, 1.82) is 0 Å². The van der Waals surface area contributed by atoms with Crippen molar-refractivity contribution in [3.05, 3.63) is 84.0 Å². The smallest absolute Gasteiger partial charge is 0.293 e. The third kappa shape index (κ3) is 2.87. The van der Waals surface area contributed by atoms with E-state index in [4.69, 9.17) is 13.9 Å². The molecule has 1 saturated carbocycles. The standard InChI is InChI=1S/C22H19N3O3/c26-22(18-9-1-2-11-23-18)25-21(19-10-5-13-28-19)17-8-3-6-15(20(17)24-25)14-16-7-4-12-27-16/h1-2,4-5,7,9-14,17,21H,3,6,8H2. The highest BCUT2D eigenvalue weighted by molar-refractivity contribution is 6.08. The Labute approximate surface area is 162 Å². The number of rotatable bonds is 3. The molecule has 6 nitrogen and oxygen atoms in total. The average molecular weight is 373 g/mol. The van der Waals surface area contributed by atoms with E-state index < -0.39 is 0 Å². The molecule has 1 aliphatic heterocycles. The fraction of sp³-hybridized carbons (Fsp3) is 0.227. The number of amides is 1. The summed E-state index contributed by atoms with van der Waals surface area (Å²) in [6, 6.07) is 12.6. The lowest BCUT2D eigenvalue weighted by Gasteiger charge is -2.27. The summed E-state index contributed by atoms with van der Waals surface area (Å²) in [5.74, 6) is 1.41. The molecule has 1 fully saturated rings. The molecule has 1 aliphatic carbocycles. The van der Waals surface area contributed by atoms with Crippen molar-refractivity contribution in [1.82, 2.24) is 9.99 Å².